The first-order valence-corrected chi connectivity index (χ1v) is 9.74. The summed E-state index contributed by atoms with van der Waals surface area (Å²) in [6.07, 6.45) is 7.12. The maximum atomic E-state index is 11.7. The fourth-order valence-corrected chi connectivity index (χ4v) is 5.31. The van der Waals surface area contributed by atoms with Crippen molar-refractivity contribution in [3.05, 3.63) is 53.6 Å². The molecule has 3 atom stereocenters. The Morgan fingerprint density at radius 3 is 2.64 bits per heavy atom. The Hall–Kier alpha value is -1.89. The van der Waals surface area contributed by atoms with Gasteiger partial charge in [0.25, 0.3) is 0 Å². The van der Waals surface area contributed by atoms with Gasteiger partial charge in [0.15, 0.2) is 0 Å². The molecule has 4 rings (SSSR count). The number of aromatic amines is 1. The van der Waals surface area contributed by atoms with E-state index in [1.807, 2.05) is 25.4 Å². The van der Waals surface area contributed by atoms with E-state index >= 15 is 0 Å². The highest BCUT2D eigenvalue weighted by atomic mass is 35.5. The molecule has 2 aliphatic rings. The number of fused-ring (bicyclic) bond motifs is 2. The maximum Gasteiger partial charge on any atom is 0.248 e. The molecule has 0 radical (unpaired) electrons. The summed E-state index contributed by atoms with van der Waals surface area (Å²) < 4.78 is 6.29. The Kier molecular flexibility index (Phi) is 6.12. The molecule has 3 N–H and O–H groups in total. The molecule has 2 aromatic rings. The fourth-order valence-electron chi connectivity index (χ4n) is 5.31. The van der Waals surface area contributed by atoms with Crippen molar-refractivity contribution in [1.82, 2.24) is 14.9 Å². The zero-order chi connectivity index (χ0) is 19.0. The number of likely N-dealkylation sites (tertiary alicyclic amines) is 1. The quantitative estimate of drug-likeness (QED) is 0.800. The summed E-state index contributed by atoms with van der Waals surface area (Å²) in [5.41, 5.74) is 7.96. The summed E-state index contributed by atoms with van der Waals surface area (Å²) in [5.74, 6) is 0.366. The molecule has 28 heavy (non-hydrogen) atoms. The lowest BCUT2D eigenvalue weighted by atomic mass is 9.62. The van der Waals surface area contributed by atoms with Crippen molar-refractivity contribution < 1.29 is 9.53 Å². The van der Waals surface area contributed by atoms with Crippen LogP contribution in [0.1, 0.15) is 53.8 Å². The van der Waals surface area contributed by atoms with Crippen LogP contribution in [0.3, 0.4) is 0 Å². The molecule has 2 heterocycles. The largest absolute Gasteiger partial charge is 0.373 e. The molecule has 152 valence electrons. The average Bonchev–Trinajstić information content (AvgIpc) is 3.21. The number of hydrogen-bond acceptors (Lipinski definition) is 4. The predicted molar refractivity (Wildman–Crippen MR) is 110 cm³/mol. The Bertz CT molecular complexity index is 796. The van der Waals surface area contributed by atoms with Crippen LogP contribution < -0.4 is 5.73 Å². The van der Waals surface area contributed by atoms with Crippen LogP contribution in [0.4, 0.5) is 0 Å². The molecule has 1 aromatic heterocycles. The van der Waals surface area contributed by atoms with E-state index < -0.39 is 5.91 Å². The third-order valence-corrected chi connectivity index (χ3v) is 6.68. The number of halogens is 1. The van der Waals surface area contributed by atoms with Gasteiger partial charge in [-0.05, 0) is 37.5 Å². The molecule has 1 saturated heterocycles. The summed E-state index contributed by atoms with van der Waals surface area (Å²) >= 11 is 0. The Labute approximate surface area is 172 Å². The number of nitrogens with two attached hydrogens (primary N) is 1. The van der Waals surface area contributed by atoms with Gasteiger partial charge in [-0.15, -0.1) is 12.4 Å². The second-order valence-corrected chi connectivity index (χ2v) is 7.90. The minimum absolute atomic E-state index is 0. The van der Waals surface area contributed by atoms with Gasteiger partial charge in [-0.3, -0.25) is 9.69 Å². The molecule has 0 spiro atoms. The third kappa shape index (κ3) is 3.34. The van der Waals surface area contributed by atoms with Crippen LogP contribution >= 0.6 is 12.4 Å². The lowest BCUT2D eigenvalue weighted by Gasteiger charge is -2.56. The van der Waals surface area contributed by atoms with Crippen molar-refractivity contribution in [3.63, 3.8) is 0 Å². The van der Waals surface area contributed by atoms with Gasteiger partial charge in [0.1, 0.15) is 5.60 Å². The van der Waals surface area contributed by atoms with Crippen molar-refractivity contribution in [1.29, 1.82) is 0 Å². The van der Waals surface area contributed by atoms with E-state index in [1.165, 1.54) is 6.42 Å². The number of primary amides is 1. The number of hydrogen-bond donors (Lipinski definition) is 2. The van der Waals surface area contributed by atoms with Gasteiger partial charge >= 0.3 is 0 Å². The van der Waals surface area contributed by atoms with E-state index in [-0.39, 0.29) is 18.0 Å². The van der Waals surface area contributed by atoms with E-state index in [4.69, 9.17) is 10.5 Å². The topological polar surface area (TPSA) is 84.2 Å². The highest BCUT2D eigenvalue weighted by molar-refractivity contribution is 5.92. The van der Waals surface area contributed by atoms with Crippen LogP contribution in [-0.4, -0.2) is 41.0 Å². The number of ether oxygens (including phenoxy) is 1. The zero-order valence-corrected chi connectivity index (χ0v) is 17.2. The summed E-state index contributed by atoms with van der Waals surface area (Å²) in [4.78, 5) is 21.7. The van der Waals surface area contributed by atoms with E-state index in [0.717, 1.165) is 37.2 Å². The van der Waals surface area contributed by atoms with Crippen LogP contribution in [0.15, 0.2) is 36.8 Å². The molecule has 1 aliphatic carbocycles. The molecule has 1 amide bonds. The summed E-state index contributed by atoms with van der Waals surface area (Å²) in [5, 5.41) is 0. The molecular formula is C21H29ClN4O2. The predicted octanol–water partition coefficient (Wildman–Crippen LogP) is 3.27. The summed E-state index contributed by atoms with van der Waals surface area (Å²) in [6, 6.07) is 8.02. The maximum absolute atomic E-state index is 11.7. The van der Waals surface area contributed by atoms with Gasteiger partial charge in [0.2, 0.25) is 5.91 Å². The van der Waals surface area contributed by atoms with Crippen molar-refractivity contribution in [2.45, 2.75) is 37.8 Å². The number of amides is 1. The van der Waals surface area contributed by atoms with E-state index in [2.05, 4.69) is 27.9 Å². The fraction of sp³-hybridized carbons (Fsp3) is 0.524. The average molecular weight is 405 g/mol. The highest BCUT2D eigenvalue weighted by Crippen LogP contribution is 2.52. The van der Waals surface area contributed by atoms with Crippen LogP contribution in [0, 0.1) is 11.8 Å². The first-order valence-electron chi connectivity index (χ1n) is 9.74. The number of nitrogens with one attached hydrogen (secondary N) is 1. The van der Waals surface area contributed by atoms with Gasteiger partial charge in [-0.2, -0.15) is 0 Å². The van der Waals surface area contributed by atoms with E-state index in [0.29, 0.717) is 23.4 Å². The van der Waals surface area contributed by atoms with E-state index in [1.54, 1.807) is 12.4 Å². The second kappa shape index (κ2) is 8.23. The lowest BCUT2D eigenvalue weighted by molar-refractivity contribution is -0.174. The first-order chi connectivity index (χ1) is 13.1. The number of rotatable bonds is 5. The zero-order valence-electron chi connectivity index (χ0n) is 16.4. The van der Waals surface area contributed by atoms with Crippen LogP contribution in [0.5, 0.6) is 0 Å². The van der Waals surface area contributed by atoms with Gasteiger partial charge in [-0.1, -0.05) is 18.6 Å². The van der Waals surface area contributed by atoms with Gasteiger partial charge in [0.05, 0.1) is 12.0 Å². The van der Waals surface area contributed by atoms with Crippen LogP contribution in [0.25, 0.3) is 0 Å². The molecule has 2 bridgehead atoms. The molecule has 1 aromatic carbocycles. The number of carbonyl (C=O) groups is 1. The molecule has 6 nitrogen and oxygen atoms in total. The number of H-pyrrole nitrogens is 1. The molecule has 1 saturated carbocycles. The molecule has 7 heteroatoms. The van der Waals surface area contributed by atoms with E-state index in [9.17, 15) is 4.79 Å². The Morgan fingerprint density at radius 2 is 2.07 bits per heavy atom. The standard InChI is InChI=1S/C21H28N4O2.ClH/c1-14(19-10-23-13-24-19)25-11-17-7-4-8-18(12-25)21(17,27-2)16-6-3-5-15(9-16)20(22)26;/h3,5-6,9-10,13-14,17-18H,4,7-8,11-12H2,1-2H3,(H2,22,26)(H,23,24);1H/t14-,17?,18?,21?;/m0./s1. The number of aromatic nitrogens is 2. The van der Waals surface area contributed by atoms with Crippen molar-refractivity contribution >= 4 is 18.3 Å². The van der Waals surface area contributed by atoms with Gasteiger partial charge in [-0.25, -0.2) is 4.98 Å². The number of imidazole rings is 1. The van der Waals surface area contributed by atoms with Crippen molar-refractivity contribution in [3.8, 4) is 0 Å². The normalized spacial score (nSPS) is 28.4. The summed E-state index contributed by atoms with van der Waals surface area (Å²) in [6.45, 7) is 4.16. The number of benzene rings is 1. The van der Waals surface area contributed by atoms with Crippen molar-refractivity contribution in [2.24, 2.45) is 17.6 Å². The van der Waals surface area contributed by atoms with Crippen LogP contribution in [0.2, 0.25) is 0 Å². The number of nitrogens with zero attached hydrogens (tertiary/aromatic N) is 2. The Balaban J connectivity index is 0.00000225. The highest BCUT2D eigenvalue weighted by Gasteiger charge is 2.53. The molecule has 2 fully saturated rings. The second-order valence-electron chi connectivity index (χ2n) is 7.90. The SMILES string of the molecule is COC1(c2cccc(C(N)=O)c2)C2CCCC1CN([C@@H](C)c1cnc[nH]1)C2.Cl. The number of piperidine rings is 1. The third-order valence-electron chi connectivity index (χ3n) is 6.68. The summed E-state index contributed by atoms with van der Waals surface area (Å²) in [7, 11) is 1.82. The van der Waals surface area contributed by atoms with Gasteiger partial charge < -0.3 is 15.5 Å². The molecule has 1 aliphatic heterocycles. The minimum Gasteiger partial charge on any atom is -0.373 e. The van der Waals surface area contributed by atoms with Crippen molar-refractivity contribution in [2.75, 3.05) is 20.2 Å². The Morgan fingerprint density at radius 1 is 1.36 bits per heavy atom. The lowest BCUT2D eigenvalue weighted by Crippen LogP contribution is -2.59. The number of methoxy groups -OCH3 is 1. The molecule has 2 unspecified atom stereocenters. The monoisotopic (exact) mass is 404 g/mol. The first kappa shape index (κ1) is 20.8. The molecular weight excluding hydrogens is 376 g/mol. The van der Waals surface area contributed by atoms with Crippen LogP contribution in [-0.2, 0) is 10.3 Å². The number of carbonyl (C=O) groups excluding carboxylic acids is 1. The van der Waals surface area contributed by atoms with Gasteiger partial charge in [0, 0.05) is 49.8 Å². The minimum atomic E-state index is -0.390. The smallest absolute Gasteiger partial charge is 0.248 e.